The monoisotopic (exact) mass is 458 g/mol. The molecular weight excluding hydrogens is 431 g/mol. The minimum absolute atomic E-state index is 0.00661. The quantitative estimate of drug-likeness (QED) is 0.590. The number of amides is 2. The van der Waals surface area contributed by atoms with Gasteiger partial charge in [0, 0.05) is 22.6 Å². The first kappa shape index (κ1) is 22.2. The van der Waals surface area contributed by atoms with E-state index in [4.69, 9.17) is 23.2 Å². The largest absolute Gasteiger partial charge is 0.328 e. The fraction of sp³-hybridized carbons (Fsp3) is 0.440. The molecule has 2 aromatic rings. The number of hydrogen-bond acceptors (Lipinski definition) is 2. The summed E-state index contributed by atoms with van der Waals surface area (Å²) in [5, 5.41) is 1.30. The standard InChI is InChI=1S/C25H28Cl2N2O2/c1-17-2-12-22(13-3-17)29-16-23(30)28(15-14-18-4-8-20(26)9-5-18)24(25(29)31)19-6-10-21(27)11-7-19/h4-11,17,22,24H,2-3,12-16H2,1H3/t17?,22?,24-/m0/s1. The minimum atomic E-state index is -0.606. The Bertz CT molecular complexity index is 922. The van der Waals surface area contributed by atoms with Crippen molar-refractivity contribution in [3.8, 4) is 0 Å². The number of halogens is 2. The summed E-state index contributed by atoms with van der Waals surface area (Å²) in [6, 6.07) is 14.5. The zero-order chi connectivity index (χ0) is 22.0. The Hall–Kier alpha value is -2.04. The Labute approximate surface area is 194 Å². The molecule has 2 fully saturated rings. The van der Waals surface area contributed by atoms with Crippen molar-refractivity contribution in [1.82, 2.24) is 9.80 Å². The number of rotatable bonds is 5. The van der Waals surface area contributed by atoms with E-state index in [-0.39, 0.29) is 24.4 Å². The Morgan fingerprint density at radius 2 is 1.45 bits per heavy atom. The molecule has 0 bridgehead atoms. The molecule has 0 spiro atoms. The third-order valence-electron chi connectivity index (χ3n) is 6.62. The Kier molecular flexibility index (Phi) is 6.88. The maximum absolute atomic E-state index is 13.7. The molecule has 1 atom stereocenters. The summed E-state index contributed by atoms with van der Waals surface area (Å²) in [5.41, 5.74) is 1.90. The molecule has 0 radical (unpaired) electrons. The van der Waals surface area contributed by atoms with E-state index in [1.807, 2.05) is 41.3 Å². The van der Waals surface area contributed by atoms with E-state index in [0.29, 0.717) is 28.9 Å². The molecule has 1 heterocycles. The zero-order valence-electron chi connectivity index (χ0n) is 17.8. The van der Waals surface area contributed by atoms with E-state index < -0.39 is 6.04 Å². The fourth-order valence-electron chi connectivity index (χ4n) is 4.73. The molecule has 1 aliphatic heterocycles. The molecule has 4 rings (SSSR count). The molecule has 2 aliphatic rings. The van der Waals surface area contributed by atoms with Crippen LogP contribution in [0, 0.1) is 5.92 Å². The van der Waals surface area contributed by atoms with Gasteiger partial charge < -0.3 is 9.80 Å². The van der Waals surface area contributed by atoms with Gasteiger partial charge in [-0.1, -0.05) is 54.4 Å². The maximum Gasteiger partial charge on any atom is 0.250 e. The van der Waals surface area contributed by atoms with Gasteiger partial charge in [-0.3, -0.25) is 9.59 Å². The van der Waals surface area contributed by atoms with Gasteiger partial charge in [-0.05, 0) is 73.4 Å². The molecule has 31 heavy (non-hydrogen) atoms. The van der Waals surface area contributed by atoms with Gasteiger partial charge in [0.15, 0.2) is 0 Å². The molecule has 0 aromatic heterocycles. The summed E-state index contributed by atoms with van der Waals surface area (Å²) < 4.78 is 0. The number of carbonyl (C=O) groups is 2. The van der Waals surface area contributed by atoms with E-state index in [1.54, 1.807) is 17.0 Å². The lowest BCUT2D eigenvalue weighted by atomic mass is 9.85. The highest BCUT2D eigenvalue weighted by molar-refractivity contribution is 6.30. The second kappa shape index (κ2) is 9.62. The predicted molar refractivity (Wildman–Crippen MR) is 124 cm³/mol. The van der Waals surface area contributed by atoms with Crippen molar-refractivity contribution in [2.45, 2.75) is 51.1 Å². The van der Waals surface area contributed by atoms with Gasteiger partial charge in [0.25, 0.3) is 5.91 Å². The summed E-state index contributed by atoms with van der Waals surface area (Å²) in [6.07, 6.45) is 4.82. The summed E-state index contributed by atoms with van der Waals surface area (Å²) in [6.45, 7) is 2.91. The van der Waals surface area contributed by atoms with E-state index in [2.05, 4.69) is 6.92 Å². The van der Waals surface area contributed by atoms with E-state index >= 15 is 0 Å². The van der Waals surface area contributed by atoms with Gasteiger partial charge in [0.2, 0.25) is 5.91 Å². The molecule has 1 saturated carbocycles. The summed E-state index contributed by atoms with van der Waals surface area (Å²) >= 11 is 12.1. The summed E-state index contributed by atoms with van der Waals surface area (Å²) in [7, 11) is 0. The van der Waals surface area contributed by atoms with Crippen LogP contribution in [-0.2, 0) is 16.0 Å². The second-order valence-corrected chi connectivity index (χ2v) is 9.67. The predicted octanol–water partition coefficient (Wildman–Crippen LogP) is 5.53. The van der Waals surface area contributed by atoms with Crippen LogP contribution in [0.3, 0.4) is 0 Å². The molecule has 1 saturated heterocycles. The van der Waals surface area contributed by atoms with Crippen LogP contribution in [0.5, 0.6) is 0 Å². The van der Waals surface area contributed by atoms with Crippen LogP contribution >= 0.6 is 23.2 Å². The number of piperazine rings is 1. The number of hydrogen-bond donors (Lipinski definition) is 0. The van der Waals surface area contributed by atoms with Crippen LogP contribution in [-0.4, -0.2) is 40.7 Å². The van der Waals surface area contributed by atoms with Crippen molar-refractivity contribution in [3.05, 3.63) is 69.7 Å². The molecular formula is C25H28Cl2N2O2. The molecule has 2 aromatic carbocycles. The highest BCUT2D eigenvalue weighted by Crippen LogP contribution is 2.34. The first-order valence-corrected chi connectivity index (χ1v) is 11.8. The summed E-state index contributed by atoms with van der Waals surface area (Å²) in [5.74, 6) is 0.722. The number of carbonyl (C=O) groups excluding carboxylic acids is 2. The van der Waals surface area contributed by atoms with Crippen LogP contribution in [0.25, 0.3) is 0 Å². The highest BCUT2D eigenvalue weighted by atomic mass is 35.5. The Morgan fingerprint density at radius 1 is 0.871 bits per heavy atom. The van der Waals surface area contributed by atoms with Gasteiger partial charge in [-0.2, -0.15) is 0 Å². The molecule has 164 valence electrons. The average molecular weight is 459 g/mol. The van der Waals surface area contributed by atoms with Gasteiger partial charge in [-0.15, -0.1) is 0 Å². The fourth-order valence-corrected chi connectivity index (χ4v) is 4.99. The topological polar surface area (TPSA) is 40.6 Å². The van der Waals surface area contributed by atoms with Crippen molar-refractivity contribution < 1.29 is 9.59 Å². The normalized spacial score (nSPS) is 24.5. The smallest absolute Gasteiger partial charge is 0.250 e. The van der Waals surface area contributed by atoms with Crippen molar-refractivity contribution >= 4 is 35.0 Å². The molecule has 2 amide bonds. The van der Waals surface area contributed by atoms with E-state index in [9.17, 15) is 9.59 Å². The average Bonchev–Trinajstić information content (AvgIpc) is 2.76. The number of nitrogens with zero attached hydrogens (tertiary/aromatic N) is 2. The SMILES string of the molecule is CC1CCC(N2CC(=O)N(CCc3ccc(Cl)cc3)[C@@H](c3ccc(Cl)cc3)C2=O)CC1. The maximum atomic E-state index is 13.7. The lowest BCUT2D eigenvalue weighted by Gasteiger charge is -2.45. The number of benzene rings is 2. The summed E-state index contributed by atoms with van der Waals surface area (Å²) in [4.78, 5) is 30.5. The third-order valence-corrected chi connectivity index (χ3v) is 7.13. The van der Waals surface area contributed by atoms with Crippen LogP contribution in [0.2, 0.25) is 10.0 Å². The van der Waals surface area contributed by atoms with Crippen LogP contribution in [0.15, 0.2) is 48.5 Å². The van der Waals surface area contributed by atoms with Gasteiger partial charge >= 0.3 is 0 Å². The first-order valence-electron chi connectivity index (χ1n) is 11.0. The van der Waals surface area contributed by atoms with Gasteiger partial charge in [-0.25, -0.2) is 0 Å². The van der Waals surface area contributed by atoms with Crippen LogP contribution in [0.4, 0.5) is 0 Å². The lowest BCUT2D eigenvalue weighted by Crippen LogP contribution is -2.59. The zero-order valence-corrected chi connectivity index (χ0v) is 19.3. The molecule has 0 unspecified atom stereocenters. The van der Waals surface area contributed by atoms with Crippen LogP contribution in [0.1, 0.15) is 49.8 Å². The van der Waals surface area contributed by atoms with Gasteiger partial charge in [0.05, 0.1) is 0 Å². The Balaban J connectivity index is 1.58. The minimum Gasteiger partial charge on any atom is -0.328 e. The van der Waals surface area contributed by atoms with E-state index in [1.165, 1.54) is 0 Å². The highest BCUT2D eigenvalue weighted by Gasteiger charge is 2.43. The molecule has 0 N–H and O–H groups in total. The van der Waals surface area contributed by atoms with E-state index in [0.717, 1.165) is 36.8 Å². The second-order valence-electron chi connectivity index (χ2n) is 8.80. The van der Waals surface area contributed by atoms with Crippen molar-refractivity contribution in [3.63, 3.8) is 0 Å². The third kappa shape index (κ3) is 5.07. The van der Waals surface area contributed by atoms with Crippen molar-refractivity contribution in [2.75, 3.05) is 13.1 Å². The molecule has 1 aliphatic carbocycles. The van der Waals surface area contributed by atoms with Crippen molar-refractivity contribution in [1.29, 1.82) is 0 Å². The first-order chi connectivity index (χ1) is 14.9. The lowest BCUT2D eigenvalue weighted by molar-refractivity contribution is -0.159. The molecule has 6 heteroatoms. The van der Waals surface area contributed by atoms with Crippen molar-refractivity contribution in [2.24, 2.45) is 5.92 Å². The Morgan fingerprint density at radius 3 is 2.06 bits per heavy atom. The molecule has 4 nitrogen and oxygen atoms in total. The van der Waals surface area contributed by atoms with Gasteiger partial charge in [0.1, 0.15) is 12.6 Å². The van der Waals surface area contributed by atoms with Crippen LogP contribution < -0.4 is 0 Å².